The molecule has 3 rings (SSSR count). The number of carbonyl (C=O) groups is 2. The molecule has 0 aromatic heterocycles. The van der Waals surface area contributed by atoms with E-state index in [-0.39, 0.29) is 36.1 Å². The molecule has 0 heterocycles. The molecule has 0 spiro atoms. The Kier molecular flexibility index (Phi) is 5.16. The highest BCUT2D eigenvalue weighted by atomic mass is 16.5. The van der Waals surface area contributed by atoms with Crippen LogP contribution in [-0.2, 0) is 25.5 Å². The summed E-state index contributed by atoms with van der Waals surface area (Å²) in [5.41, 5.74) is 2.22. The number of ether oxygens (including phenoxy) is 3. The second-order valence-electron chi connectivity index (χ2n) is 6.84. The van der Waals surface area contributed by atoms with Crippen molar-refractivity contribution in [2.24, 2.45) is 11.8 Å². The largest absolute Gasteiger partial charge is 0.497 e. The molecule has 0 radical (unpaired) electrons. The number of methoxy groups -OCH3 is 3. The molecular formula is C21H24O5. The van der Waals surface area contributed by atoms with Crippen molar-refractivity contribution in [3.63, 3.8) is 0 Å². The van der Waals surface area contributed by atoms with Crippen molar-refractivity contribution in [3.8, 4) is 5.75 Å². The minimum Gasteiger partial charge on any atom is -0.497 e. The lowest BCUT2D eigenvalue weighted by atomic mass is 9.67. The first-order valence-corrected chi connectivity index (χ1v) is 8.74. The van der Waals surface area contributed by atoms with Crippen molar-refractivity contribution in [2.75, 3.05) is 21.3 Å². The van der Waals surface area contributed by atoms with Crippen LogP contribution < -0.4 is 4.74 Å². The first kappa shape index (κ1) is 18.2. The predicted octanol–water partition coefficient (Wildman–Crippen LogP) is 3.48. The molecule has 0 amide bonds. The lowest BCUT2D eigenvalue weighted by Crippen LogP contribution is -2.36. The Balaban J connectivity index is 2.15. The number of carbonyl (C=O) groups excluding carboxylic acids is 2. The van der Waals surface area contributed by atoms with Crippen LogP contribution in [0.5, 0.6) is 5.75 Å². The molecule has 0 N–H and O–H groups in total. The third-order valence-corrected chi connectivity index (χ3v) is 5.43. The first-order valence-electron chi connectivity index (χ1n) is 8.74. The Labute approximate surface area is 153 Å². The van der Waals surface area contributed by atoms with Crippen molar-refractivity contribution in [3.05, 3.63) is 41.5 Å². The minimum atomic E-state index is -0.359. The summed E-state index contributed by atoms with van der Waals surface area (Å²) >= 11 is 0. The number of rotatable bonds is 4. The van der Waals surface area contributed by atoms with Crippen LogP contribution in [-0.4, -0.2) is 33.3 Å². The van der Waals surface area contributed by atoms with Crippen LogP contribution in [0.2, 0.25) is 0 Å². The van der Waals surface area contributed by atoms with Crippen molar-refractivity contribution >= 4 is 22.7 Å². The van der Waals surface area contributed by atoms with E-state index in [0.717, 1.165) is 28.5 Å². The van der Waals surface area contributed by atoms with E-state index in [2.05, 4.69) is 0 Å². The molecular weight excluding hydrogens is 332 g/mol. The molecule has 2 aromatic carbocycles. The Morgan fingerprint density at radius 3 is 2.50 bits per heavy atom. The third-order valence-electron chi connectivity index (χ3n) is 5.43. The van der Waals surface area contributed by atoms with E-state index in [9.17, 15) is 9.59 Å². The van der Waals surface area contributed by atoms with Crippen molar-refractivity contribution in [1.29, 1.82) is 0 Å². The number of esters is 2. The van der Waals surface area contributed by atoms with Gasteiger partial charge in [-0.25, -0.2) is 0 Å². The molecule has 1 unspecified atom stereocenters. The molecule has 0 fully saturated rings. The van der Waals surface area contributed by atoms with Gasteiger partial charge in [0.25, 0.3) is 0 Å². The molecule has 0 saturated heterocycles. The van der Waals surface area contributed by atoms with E-state index in [4.69, 9.17) is 14.2 Å². The highest BCUT2D eigenvalue weighted by Crippen LogP contribution is 2.45. The molecule has 0 saturated carbocycles. The molecule has 2 aromatic rings. The summed E-state index contributed by atoms with van der Waals surface area (Å²) < 4.78 is 15.2. The maximum Gasteiger partial charge on any atom is 0.309 e. The topological polar surface area (TPSA) is 61.8 Å². The van der Waals surface area contributed by atoms with Gasteiger partial charge in [0.1, 0.15) is 5.75 Å². The van der Waals surface area contributed by atoms with Crippen LogP contribution in [0.3, 0.4) is 0 Å². The second kappa shape index (κ2) is 7.36. The molecule has 5 heteroatoms. The fourth-order valence-electron chi connectivity index (χ4n) is 4.16. The van der Waals surface area contributed by atoms with Gasteiger partial charge in [-0.2, -0.15) is 0 Å². The predicted molar refractivity (Wildman–Crippen MR) is 98.2 cm³/mol. The second-order valence-corrected chi connectivity index (χ2v) is 6.84. The van der Waals surface area contributed by atoms with Crippen molar-refractivity contribution in [2.45, 2.75) is 25.7 Å². The zero-order valence-corrected chi connectivity index (χ0v) is 15.6. The zero-order valence-electron chi connectivity index (χ0n) is 15.6. The monoisotopic (exact) mass is 356 g/mol. The van der Waals surface area contributed by atoms with E-state index in [1.54, 1.807) is 7.11 Å². The molecule has 0 bridgehead atoms. The fourth-order valence-corrected chi connectivity index (χ4v) is 4.16. The van der Waals surface area contributed by atoms with Gasteiger partial charge in [-0.1, -0.05) is 25.1 Å². The van der Waals surface area contributed by atoms with Crippen LogP contribution >= 0.6 is 0 Å². The van der Waals surface area contributed by atoms with Gasteiger partial charge in [-0.15, -0.1) is 0 Å². The molecule has 138 valence electrons. The van der Waals surface area contributed by atoms with Crippen LogP contribution in [0.25, 0.3) is 10.8 Å². The van der Waals surface area contributed by atoms with Gasteiger partial charge in [0, 0.05) is 5.92 Å². The van der Waals surface area contributed by atoms with E-state index in [1.807, 2.05) is 37.3 Å². The van der Waals surface area contributed by atoms with Crippen LogP contribution in [0.15, 0.2) is 30.3 Å². The molecule has 1 aliphatic carbocycles. The Bertz CT molecular complexity index is 842. The Hall–Kier alpha value is -2.56. The van der Waals surface area contributed by atoms with Gasteiger partial charge in [-0.05, 0) is 46.4 Å². The molecule has 1 aliphatic rings. The summed E-state index contributed by atoms with van der Waals surface area (Å²) in [4.78, 5) is 24.4. The SMILES string of the molecule is COC(=O)C[C@@H]1c2ccc3cc(OC)ccc3c2CC(C)[C@@H]1C(=O)OC. The number of benzene rings is 2. The third kappa shape index (κ3) is 3.14. The average molecular weight is 356 g/mol. The maximum absolute atomic E-state index is 12.4. The lowest BCUT2D eigenvalue weighted by molar-refractivity contribution is -0.150. The molecule has 3 atom stereocenters. The number of hydrogen-bond donors (Lipinski definition) is 0. The first-order chi connectivity index (χ1) is 12.5. The van der Waals surface area contributed by atoms with E-state index < -0.39 is 0 Å². The fraction of sp³-hybridized carbons (Fsp3) is 0.429. The Morgan fingerprint density at radius 1 is 1.08 bits per heavy atom. The molecule has 0 aliphatic heterocycles. The normalized spacial score (nSPS) is 21.8. The maximum atomic E-state index is 12.4. The zero-order chi connectivity index (χ0) is 18.8. The van der Waals surface area contributed by atoms with Crippen LogP contribution in [0, 0.1) is 11.8 Å². The van der Waals surface area contributed by atoms with Gasteiger partial charge >= 0.3 is 11.9 Å². The summed E-state index contributed by atoms with van der Waals surface area (Å²) in [5, 5.41) is 2.22. The molecule has 26 heavy (non-hydrogen) atoms. The van der Waals surface area contributed by atoms with E-state index in [1.165, 1.54) is 19.8 Å². The van der Waals surface area contributed by atoms with Crippen LogP contribution in [0.4, 0.5) is 0 Å². The Morgan fingerprint density at radius 2 is 1.85 bits per heavy atom. The standard InChI is InChI=1S/C21H24O5/c1-12-9-17-15-8-6-14(24-2)10-13(15)5-7-16(17)18(11-19(22)25-3)20(12)21(23)26-4/h5-8,10,12,18,20H,9,11H2,1-4H3/t12?,18-,20+/m1/s1. The van der Waals surface area contributed by atoms with E-state index >= 15 is 0 Å². The summed E-state index contributed by atoms with van der Waals surface area (Å²) in [6.07, 6.45) is 0.922. The minimum absolute atomic E-state index is 0.0670. The lowest BCUT2D eigenvalue weighted by Gasteiger charge is -2.36. The summed E-state index contributed by atoms with van der Waals surface area (Å²) in [6, 6.07) is 10.0. The van der Waals surface area contributed by atoms with Gasteiger partial charge in [-0.3, -0.25) is 9.59 Å². The van der Waals surface area contributed by atoms with Gasteiger partial charge in [0.05, 0.1) is 33.7 Å². The highest BCUT2D eigenvalue weighted by molar-refractivity contribution is 5.89. The van der Waals surface area contributed by atoms with Gasteiger partial charge in [0.15, 0.2) is 0 Å². The number of fused-ring (bicyclic) bond motifs is 3. The average Bonchev–Trinajstić information content (AvgIpc) is 2.66. The summed E-state index contributed by atoms with van der Waals surface area (Å²) in [7, 11) is 4.41. The van der Waals surface area contributed by atoms with Gasteiger partial charge in [0.2, 0.25) is 0 Å². The summed E-state index contributed by atoms with van der Waals surface area (Å²) in [5.74, 6) is -0.328. The smallest absolute Gasteiger partial charge is 0.309 e. The van der Waals surface area contributed by atoms with Crippen molar-refractivity contribution in [1.82, 2.24) is 0 Å². The van der Waals surface area contributed by atoms with Gasteiger partial charge < -0.3 is 14.2 Å². The quantitative estimate of drug-likeness (QED) is 0.785. The van der Waals surface area contributed by atoms with E-state index in [0.29, 0.717) is 0 Å². The van der Waals surface area contributed by atoms with Crippen molar-refractivity contribution < 1.29 is 23.8 Å². The summed E-state index contributed by atoms with van der Waals surface area (Å²) in [6.45, 7) is 2.04. The van der Waals surface area contributed by atoms with Crippen LogP contribution in [0.1, 0.15) is 30.4 Å². The molecule has 5 nitrogen and oxygen atoms in total. The highest BCUT2D eigenvalue weighted by Gasteiger charge is 2.41. The number of hydrogen-bond acceptors (Lipinski definition) is 5.